The fourth-order valence-corrected chi connectivity index (χ4v) is 3.91. The first-order valence-electron chi connectivity index (χ1n) is 7.25. The highest BCUT2D eigenvalue weighted by Gasteiger charge is 2.48. The Hall–Kier alpha value is -2.11. The van der Waals surface area contributed by atoms with Crippen LogP contribution in [-0.2, 0) is 4.79 Å². The van der Waals surface area contributed by atoms with Crippen molar-refractivity contribution in [2.24, 2.45) is 17.6 Å². The number of carboxylic acid groups (broad SMARTS) is 1. The molecule has 21 heavy (non-hydrogen) atoms. The third kappa shape index (κ3) is 2.14. The summed E-state index contributed by atoms with van der Waals surface area (Å²) < 4.78 is 0. The van der Waals surface area contributed by atoms with Crippen molar-refractivity contribution in [2.75, 3.05) is 11.4 Å². The second kappa shape index (κ2) is 5.02. The van der Waals surface area contributed by atoms with Crippen LogP contribution in [-0.4, -0.2) is 34.6 Å². The van der Waals surface area contributed by atoms with Crippen molar-refractivity contribution in [1.82, 2.24) is 4.98 Å². The molecule has 3 N–H and O–H groups in total. The maximum absolute atomic E-state index is 11.7. The molecule has 1 aromatic rings. The molecular formula is C15H19N3O3. The molecule has 1 amide bonds. The van der Waals surface area contributed by atoms with Gasteiger partial charge in [-0.3, -0.25) is 4.79 Å². The van der Waals surface area contributed by atoms with E-state index >= 15 is 0 Å². The van der Waals surface area contributed by atoms with Crippen LogP contribution in [0, 0.1) is 18.8 Å². The zero-order valence-electron chi connectivity index (χ0n) is 12.0. The Morgan fingerprint density at radius 1 is 1.43 bits per heavy atom. The number of aromatic nitrogens is 1. The van der Waals surface area contributed by atoms with Gasteiger partial charge in [-0.2, -0.15) is 0 Å². The smallest absolute Gasteiger partial charge is 0.326 e. The van der Waals surface area contributed by atoms with E-state index in [1.165, 1.54) is 0 Å². The fourth-order valence-electron chi connectivity index (χ4n) is 3.91. The van der Waals surface area contributed by atoms with Crippen molar-refractivity contribution < 1.29 is 14.7 Å². The number of pyridine rings is 1. The van der Waals surface area contributed by atoms with Crippen LogP contribution in [0.3, 0.4) is 0 Å². The van der Waals surface area contributed by atoms with Gasteiger partial charge < -0.3 is 15.7 Å². The lowest BCUT2D eigenvalue weighted by molar-refractivity contribution is -0.139. The van der Waals surface area contributed by atoms with Gasteiger partial charge in [-0.1, -0.05) is 6.42 Å². The van der Waals surface area contributed by atoms with E-state index in [0.717, 1.165) is 24.8 Å². The average Bonchev–Trinajstić information content (AvgIpc) is 2.96. The maximum Gasteiger partial charge on any atom is 0.326 e. The van der Waals surface area contributed by atoms with Crippen LogP contribution >= 0.6 is 0 Å². The quantitative estimate of drug-likeness (QED) is 0.871. The van der Waals surface area contributed by atoms with Crippen LogP contribution in [0.5, 0.6) is 0 Å². The van der Waals surface area contributed by atoms with E-state index in [4.69, 9.17) is 5.73 Å². The molecular weight excluding hydrogens is 270 g/mol. The highest BCUT2D eigenvalue weighted by atomic mass is 16.4. The van der Waals surface area contributed by atoms with E-state index in [1.807, 2.05) is 0 Å². The molecule has 2 fully saturated rings. The van der Waals surface area contributed by atoms with Crippen LogP contribution < -0.4 is 10.6 Å². The van der Waals surface area contributed by atoms with Gasteiger partial charge in [0.05, 0.1) is 5.56 Å². The maximum atomic E-state index is 11.7. The first kappa shape index (κ1) is 13.9. The molecule has 0 bridgehead atoms. The number of primary amides is 1. The summed E-state index contributed by atoms with van der Waals surface area (Å²) >= 11 is 0. The number of hydrogen-bond acceptors (Lipinski definition) is 4. The van der Waals surface area contributed by atoms with E-state index in [9.17, 15) is 14.7 Å². The summed E-state index contributed by atoms with van der Waals surface area (Å²) in [7, 11) is 0. The van der Waals surface area contributed by atoms with Gasteiger partial charge in [0.25, 0.3) is 5.91 Å². The lowest BCUT2D eigenvalue weighted by Crippen LogP contribution is -2.41. The van der Waals surface area contributed by atoms with Gasteiger partial charge in [-0.15, -0.1) is 0 Å². The topological polar surface area (TPSA) is 96.5 Å². The van der Waals surface area contributed by atoms with Gasteiger partial charge >= 0.3 is 5.97 Å². The molecule has 2 heterocycles. The molecule has 3 atom stereocenters. The molecule has 112 valence electrons. The number of carbonyl (C=O) groups excluding carboxylic acids is 1. The Morgan fingerprint density at radius 3 is 2.86 bits per heavy atom. The number of fused-ring (bicyclic) bond motifs is 1. The van der Waals surface area contributed by atoms with Gasteiger partial charge in [-0.05, 0) is 43.2 Å². The number of carbonyl (C=O) groups is 2. The second-order valence-corrected chi connectivity index (χ2v) is 5.98. The lowest BCUT2D eigenvalue weighted by Gasteiger charge is -2.27. The van der Waals surface area contributed by atoms with Gasteiger partial charge in [0.1, 0.15) is 11.9 Å². The molecule has 1 aromatic heterocycles. The van der Waals surface area contributed by atoms with Crippen molar-refractivity contribution >= 4 is 17.7 Å². The molecule has 1 aliphatic carbocycles. The van der Waals surface area contributed by atoms with Crippen LogP contribution in [0.1, 0.15) is 35.2 Å². The number of nitrogens with two attached hydrogens (primary N) is 1. The summed E-state index contributed by atoms with van der Waals surface area (Å²) in [6.07, 6.45) is 4.65. The standard InChI is InChI=1S/C15H19N3O3/c1-8-5-6-17-14(11(8)13(16)19)18-7-9-3-2-4-10(9)12(18)15(20)21/h5-6,9-10,12H,2-4,7H2,1H3,(H2,16,19)(H,20,21). The number of aliphatic carboxylic acids is 1. The minimum Gasteiger partial charge on any atom is -0.480 e. The lowest BCUT2D eigenvalue weighted by atomic mass is 9.94. The average molecular weight is 289 g/mol. The van der Waals surface area contributed by atoms with Gasteiger partial charge in [0.2, 0.25) is 0 Å². The molecule has 2 aliphatic rings. The molecule has 6 heteroatoms. The summed E-state index contributed by atoms with van der Waals surface area (Å²) in [5, 5.41) is 9.61. The van der Waals surface area contributed by atoms with E-state index in [1.54, 1.807) is 24.1 Å². The number of rotatable bonds is 3. The first-order chi connectivity index (χ1) is 10.0. The van der Waals surface area contributed by atoms with Crippen molar-refractivity contribution in [3.8, 4) is 0 Å². The summed E-state index contributed by atoms with van der Waals surface area (Å²) in [4.78, 5) is 29.5. The summed E-state index contributed by atoms with van der Waals surface area (Å²) in [6.45, 7) is 2.43. The largest absolute Gasteiger partial charge is 0.480 e. The third-order valence-electron chi connectivity index (χ3n) is 4.80. The minimum atomic E-state index is -0.844. The molecule has 1 saturated carbocycles. The predicted molar refractivity (Wildman–Crippen MR) is 77.1 cm³/mol. The Labute approximate surface area is 123 Å². The zero-order valence-corrected chi connectivity index (χ0v) is 12.0. The van der Waals surface area contributed by atoms with E-state index in [-0.39, 0.29) is 5.92 Å². The Bertz CT molecular complexity index is 602. The highest BCUT2D eigenvalue weighted by molar-refractivity contribution is 6.00. The zero-order chi connectivity index (χ0) is 15.1. The molecule has 3 unspecified atom stereocenters. The number of hydrogen-bond donors (Lipinski definition) is 2. The van der Waals surface area contributed by atoms with Crippen LogP contribution in [0.2, 0.25) is 0 Å². The molecule has 0 radical (unpaired) electrons. The van der Waals surface area contributed by atoms with E-state index < -0.39 is 17.9 Å². The summed E-state index contributed by atoms with van der Waals surface area (Å²) in [5.41, 5.74) is 6.53. The number of nitrogens with zero attached hydrogens (tertiary/aromatic N) is 2. The molecule has 1 aliphatic heterocycles. The summed E-state index contributed by atoms with van der Waals surface area (Å²) in [6, 6.07) is 1.11. The summed E-state index contributed by atoms with van der Waals surface area (Å²) in [5.74, 6) is -0.469. The van der Waals surface area contributed by atoms with Gasteiger partial charge in [0.15, 0.2) is 0 Å². The Kier molecular flexibility index (Phi) is 3.31. The number of amides is 1. The normalized spacial score (nSPS) is 27.7. The van der Waals surface area contributed by atoms with Crippen LogP contribution in [0.15, 0.2) is 12.3 Å². The van der Waals surface area contributed by atoms with Gasteiger partial charge in [0, 0.05) is 12.7 Å². The van der Waals surface area contributed by atoms with E-state index in [0.29, 0.717) is 23.8 Å². The number of anilines is 1. The SMILES string of the molecule is Cc1ccnc(N2CC3CCCC3C2C(=O)O)c1C(N)=O. The van der Waals surface area contributed by atoms with Crippen LogP contribution in [0.25, 0.3) is 0 Å². The monoisotopic (exact) mass is 289 g/mol. The predicted octanol–water partition coefficient (Wildman–Crippen LogP) is 1.18. The van der Waals surface area contributed by atoms with Gasteiger partial charge in [-0.25, -0.2) is 9.78 Å². The second-order valence-electron chi connectivity index (χ2n) is 5.98. The van der Waals surface area contributed by atoms with Crippen LogP contribution in [0.4, 0.5) is 5.82 Å². The Balaban J connectivity index is 2.06. The molecule has 0 aromatic carbocycles. The fraction of sp³-hybridized carbons (Fsp3) is 0.533. The third-order valence-corrected chi connectivity index (χ3v) is 4.80. The Morgan fingerprint density at radius 2 is 2.19 bits per heavy atom. The highest BCUT2D eigenvalue weighted by Crippen LogP contribution is 2.44. The minimum absolute atomic E-state index is 0.144. The molecule has 3 rings (SSSR count). The van der Waals surface area contributed by atoms with E-state index in [2.05, 4.69) is 4.98 Å². The van der Waals surface area contributed by atoms with Crippen molar-refractivity contribution in [3.05, 3.63) is 23.4 Å². The van der Waals surface area contributed by atoms with Crippen molar-refractivity contribution in [2.45, 2.75) is 32.2 Å². The number of carboxylic acids is 1. The molecule has 6 nitrogen and oxygen atoms in total. The number of aryl methyl sites for hydroxylation is 1. The van der Waals surface area contributed by atoms with Crippen molar-refractivity contribution in [3.63, 3.8) is 0 Å². The molecule has 1 saturated heterocycles. The van der Waals surface area contributed by atoms with Crippen molar-refractivity contribution in [1.29, 1.82) is 0 Å². The first-order valence-corrected chi connectivity index (χ1v) is 7.25. The molecule has 0 spiro atoms.